The fourth-order valence-electron chi connectivity index (χ4n) is 1.78. The van der Waals surface area contributed by atoms with Gasteiger partial charge in [0, 0.05) is 56.3 Å². The van der Waals surface area contributed by atoms with Crippen molar-refractivity contribution in [2.75, 3.05) is 37.5 Å². The first kappa shape index (κ1) is 25.8. The van der Waals surface area contributed by atoms with Gasteiger partial charge in [-0.1, -0.05) is 36.7 Å². The molecule has 12 heteroatoms. The summed E-state index contributed by atoms with van der Waals surface area (Å²) in [5.41, 5.74) is 0. The minimum Gasteiger partial charge on any atom is -0.252 e. The van der Waals surface area contributed by atoms with Crippen molar-refractivity contribution < 1.29 is 0 Å². The Hall–Kier alpha value is 1.77. The van der Waals surface area contributed by atoms with Crippen molar-refractivity contribution in [3.05, 3.63) is 0 Å². The van der Waals surface area contributed by atoms with Crippen LogP contribution in [0.15, 0.2) is 0 Å². The molecule has 0 atom stereocenters. The molecule has 0 unspecified atom stereocenters. The quantitative estimate of drug-likeness (QED) is 0.247. The van der Waals surface area contributed by atoms with Crippen LogP contribution in [0.25, 0.3) is 0 Å². The van der Waals surface area contributed by atoms with Crippen LogP contribution in [0.5, 0.6) is 0 Å². The molecule has 0 aromatic carbocycles. The summed E-state index contributed by atoms with van der Waals surface area (Å²) in [6, 6.07) is 0. The van der Waals surface area contributed by atoms with Crippen molar-refractivity contribution in [1.82, 2.24) is 11.1 Å². The van der Waals surface area contributed by atoms with Gasteiger partial charge in [-0.15, -0.1) is 0 Å². The lowest BCUT2D eigenvalue weighted by Gasteiger charge is -2.29. The standard InChI is InChI=1S/C12H23N3S9/c1-19-13(20-2)10(16)7-9(12(18)15(23-5)24-6)8-11(17)14(21-3)22-4/h9H,7-8H2,1-6H3. The maximum absolute atomic E-state index is 5.75. The normalized spacial score (nSPS) is 10.6. The fourth-order valence-corrected chi connectivity index (χ4v) is 7.25. The van der Waals surface area contributed by atoms with E-state index in [1.54, 1.807) is 71.7 Å². The van der Waals surface area contributed by atoms with E-state index in [4.69, 9.17) is 36.7 Å². The van der Waals surface area contributed by atoms with Crippen LogP contribution in [-0.4, -0.2) is 63.6 Å². The minimum atomic E-state index is 0.114. The zero-order valence-electron chi connectivity index (χ0n) is 14.5. The molecule has 0 radical (unpaired) electrons. The highest BCUT2D eigenvalue weighted by molar-refractivity contribution is 8.14. The summed E-state index contributed by atoms with van der Waals surface area (Å²) in [7, 11) is 0. The molecule has 0 aromatic heterocycles. The van der Waals surface area contributed by atoms with Crippen molar-refractivity contribution in [1.29, 1.82) is 0 Å². The van der Waals surface area contributed by atoms with Gasteiger partial charge < -0.3 is 0 Å². The Morgan fingerprint density at radius 1 is 0.625 bits per heavy atom. The molecule has 0 aromatic rings. The number of thiocarbonyl (C=S) groups is 3. The van der Waals surface area contributed by atoms with E-state index < -0.39 is 0 Å². The van der Waals surface area contributed by atoms with Crippen LogP contribution in [-0.2, 0) is 0 Å². The molecule has 24 heavy (non-hydrogen) atoms. The van der Waals surface area contributed by atoms with Gasteiger partial charge >= 0.3 is 0 Å². The van der Waals surface area contributed by atoms with Crippen molar-refractivity contribution >= 4 is 123 Å². The van der Waals surface area contributed by atoms with Gasteiger partial charge in [0.25, 0.3) is 0 Å². The first-order chi connectivity index (χ1) is 11.4. The Morgan fingerprint density at radius 3 is 1.17 bits per heavy atom. The topological polar surface area (TPSA) is 9.72 Å². The largest absolute Gasteiger partial charge is 0.252 e. The van der Waals surface area contributed by atoms with E-state index in [-0.39, 0.29) is 5.92 Å². The summed E-state index contributed by atoms with van der Waals surface area (Å²) >= 11 is 26.7. The summed E-state index contributed by atoms with van der Waals surface area (Å²) in [6.45, 7) is 0. The van der Waals surface area contributed by atoms with Gasteiger partial charge in [0.1, 0.15) is 15.0 Å². The van der Waals surface area contributed by atoms with Crippen LogP contribution in [0, 0.1) is 5.92 Å². The monoisotopic (exact) mass is 497 g/mol. The van der Waals surface area contributed by atoms with Crippen molar-refractivity contribution in [3.63, 3.8) is 0 Å². The maximum Gasteiger partial charge on any atom is 0.103 e. The van der Waals surface area contributed by atoms with Crippen LogP contribution < -0.4 is 0 Å². The highest BCUT2D eigenvalue weighted by Crippen LogP contribution is 2.30. The average Bonchev–Trinajstić information content (AvgIpc) is 2.57. The zero-order chi connectivity index (χ0) is 18.7. The third-order valence-electron chi connectivity index (χ3n) is 2.77. The van der Waals surface area contributed by atoms with Gasteiger partial charge in [-0.05, 0) is 71.7 Å². The van der Waals surface area contributed by atoms with Gasteiger partial charge in [0.2, 0.25) is 0 Å². The summed E-state index contributed by atoms with van der Waals surface area (Å²) in [5.74, 6) is 0.114. The molecule has 0 aliphatic heterocycles. The molecule has 0 amide bonds. The molecular weight excluding hydrogens is 475 g/mol. The van der Waals surface area contributed by atoms with E-state index in [0.717, 1.165) is 27.8 Å². The Labute approximate surface area is 189 Å². The Morgan fingerprint density at radius 2 is 0.917 bits per heavy atom. The molecule has 3 nitrogen and oxygen atoms in total. The SMILES string of the molecule is CSN(SC)C(=S)CC(CC(=S)N(SC)SC)C(=S)N(SC)SC. The smallest absolute Gasteiger partial charge is 0.103 e. The molecule has 140 valence electrons. The minimum absolute atomic E-state index is 0.114. The van der Waals surface area contributed by atoms with E-state index in [1.807, 2.05) is 37.5 Å². The molecular formula is C12H23N3S9. The Balaban J connectivity index is 5.25. The number of hydrogen-bond donors (Lipinski definition) is 0. The van der Waals surface area contributed by atoms with Crippen LogP contribution in [0.2, 0.25) is 0 Å². The molecule has 0 N–H and O–H groups in total. The molecule has 0 saturated heterocycles. The van der Waals surface area contributed by atoms with Crippen molar-refractivity contribution in [2.45, 2.75) is 12.8 Å². The lowest BCUT2D eigenvalue weighted by atomic mass is 10.0. The predicted octanol–water partition coefficient (Wildman–Crippen LogP) is 5.94. The summed E-state index contributed by atoms with van der Waals surface area (Å²) in [5, 5.41) is 0. The van der Waals surface area contributed by atoms with Gasteiger partial charge in [0.05, 0.1) is 0 Å². The Bertz CT molecular complexity index is 383. The number of hydrogen-bond acceptors (Lipinski definition) is 9. The first-order valence-electron chi connectivity index (χ1n) is 6.64. The van der Waals surface area contributed by atoms with Crippen molar-refractivity contribution in [3.8, 4) is 0 Å². The van der Waals surface area contributed by atoms with Gasteiger partial charge in [0.15, 0.2) is 0 Å². The fraction of sp³-hybridized carbons (Fsp3) is 0.750. The van der Waals surface area contributed by atoms with Crippen LogP contribution >= 0.6 is 108 Å². The predicted molar refractivity (Wildman–Crippen MR) is 137 cm³/mol. The molecule has 0 aliphatic rings. The Kier molecular flexibility index (Phi) is 15.9. The highest BCUT2D eigenvalue weighted by atomic mass is 32.2. The van der Waals surface area contributed by atoms with E-state index in [9.17, 15) is 0 Å². The molecule has 0 bridgehead atoms. The molecule has 0 heterocycles. The summed E-state index contributed by atoms with van der Waals surface area (Å²) in [6.07, 6.45) is 13.6. The second-order valence-electron chi connectivity index (χ2n) is 4.10. The van der Waals surface area contributed by atoms with Gasteiger partial charge in [-0.25, -0.2) is 0 Å². The molecule has 0 rings (SSSR count). The van der Waals surface area contributed by atoms with E-state index in [0.29, 0.717) is 0 Å². The third-order valence-corrected chi connectivity index (χ3v) is 10.6. The van der Waals surface area contributed by atoms with Gasteiger partial charge in [-0.3, -0.25) is 11.1 Å². The van der Waals surface area contributed by atoms with Crippen LogP contribution in [0.4, 0.5) is 0 Å². The van der Waals surface area contributed by atoms with E-state index in [2.05, 4.69) is 11.1 Å². The summed E-state index contributed by atoms with van der Waals surface area (Å²) < 4.78 is 6.17. The van der Waals surface area contributed by atoms with E-state index >= 15 is 0 Å². The van der Waals surface area contributed by atoms with Gasteiger partial charge in [-0.2, -0.15) is 0 Å². The van der Waals surface area contributed by atoms with Crippen LogP contribution in [0.3, 0.4) is 0 Å². The molecule has 0 saturated carbocycles. The average molecular weight is 498 g/mol. The molecule has 0 aliphatic carbocycles. The second kappa shape index (κ2) is 14.8. The summed E-state index contributed by atoms with van der Waals surface area (Å²) in [4.78, 5) is 2.68. The zero-order valence-corrected chi connectivity index (χ0v) is 21.9. The first-order valence-corrected chi connectivity index (χ1v) is 15.0. The van der Waals surface area contributed by atoms with E-state index in [1.165, 1.54) is 0 Å². The van der Waals surface area contributed by atoms with Crippen molar-refractivity contribution in [2.24, 2.45) is 5.92 Å². The number of rotatable bonds is 11. The third kappa shape index (κ3) is 8.64. The highest BCUT2D eigenvalue weighted by Gasteiger charge is 2.26. The second-order valence-corrected chi connectivity index (χ2v) is 10.5. The lowest BCUT2D eigenvalue weighted by molar-refractivity contribution is 0.719. The lowest BCUT2D eigenvalue weighted by Crippen LogP contribution is -2.31. The maximum atomic E-state index is 5.75. The van der Waals surface area contributed by atoms with Crippen LogP contribution in [0.1, 0.15) is 12.8 Å². The molecule has 0 fully saturated rings. The molecule has 0 spiro atoms. The number of nitrogens with zero attached hydrogens (tertiary/aromatic N) is 3.